The lowest BCUT2D eigenvalue weighted by Gasteiger charge is -2.24. The summed E-state index contributed by atoms with van der Waals surface area (Å²) >= 11 is 0. The Labute approximate surface area is 127 Å². The fraction of sp³-hybridized carbons (Fsp3) is 0.429. The van der Waals surface area contributed by atoms with E-state index in [1.165, 1.54) is 4.68 Å². The molecule has 0 unspecified atom stereocenters. The summed E-state index contributed by atoms with van der Waals surface area (Å²) in [7, 11) is 1.70. The van der Waals surface area contributed by atoms with Crippen molar-refractivity contribution in [3.63, 3.8) is 0 Å². The second-order valence-electron chi connectivity index (χ2n) is 5.48. The van der Waals surface area contributed by atoms with Gasteiger partial charge in [0.25, 0.3) is 5.91 Å². The molecule has 3 heterocycles. The number of rotatable bonds is 4. The molecule has 1 aliphatic heterocycles. The minimum atomic E-state index is -0.966. The average Bonchev–Trinajstić information content (AvgIpc) is 3.13. The van der Waals surface area contributed by atoms with Crippen molar-refractivity contribution in [2.45, 2.75) is 12.0 Å². The molecular weight excluding hydrogens is 284 g/mol. The number of anilines is 1. The van der Waals surface area contributed by atoms with Crippen molar-refractivity contribution in [3.8, 4) is 0 Å². The molecule has 1 saturated heterocycles. The number of carbonyl (C=O) groups excluding carboxylic acids is 1. The smallest absolute Gasteiger partial charge is 0.269 e. The zero-order chi connectivity index (χ0) is 15.6. The Morgan fingerprint density at radius 2 is 2.32 bits per heavy atom. The topological polar surface area (TPSA) is 96.2 Å². The number of aliphatic hydroxyl groups is 1. The third-order valence-electron chi connectivity index (χ3n) is 3.84. The van der Waals surface area contributed by atoms with E-state index in [-0.39, 0.29) is 12.5 Å². The molecule has 0 saturated carbocycles. The first kappa shape index (κ1) is 14.5. The van der Waals surface area contributed by atoms with Crippen LogP contribution >= 0.6 is 0 Å². The van der Waals surface area contributed by atoms with E-state index in [0.717, 1.165) is 5.82 Å². The third kappa shape index (κ3) is 2.91. The lowest BCUT2D eigenvalue weighted by Crippen LogP contribution is -2.45. The molecule has 0 spiro atoms. The van der Waals surface area contributed by atoms with Crippen LogP contribution in [0.4, 0.5) is 5.82 Å². The van der Waals surface area contributed by atoms with Gasteiger partial charge in [0.15, 0.2) is 0 Å². The molecule has 116 valence electrons. The van der Waals surface area contributed by atoms with Gasteiger partial charge < -0.3 is 15.3 Å². The van der Waals surface area contributed by atoms with Gasteiger partial charge in [0.2, 0.25) is 0 Å². The van der Waals surface area contributed by atoms with Crippen LogP contribution in [-0.4, -0.2) is 56.0 Å². The molecule has 2 N–H and O–H groups in total. The zero-order valence-electron chi connectivity index (χ0n) is 12.3. The maximum atomic E-state index is 12.1. The number of nitrogens with zero attached hydrogens (tertiary/aromatic N) is 5. The van der Waals surface area contributed by atoms with E-state index in [4.69, 9.17) is 0 Å². The van der Waals surface area contributed by atoms with Crippen LogP contribution in [-0.2, 0) is 7.05 Å². The van der Waals surface area contributed by atoms with Gasteiger partial charge in [-0.1, -0.05) is 0 Å². The average molecular weight is 302 g/mol. The predicted molar refractivity (Wildman–Crippen MR) is 79.4 cm³/mol. The number of carbonyl (C=O) groups is 1. The van der Waals surface area contributed by atoms with E-state index in [1.807, 2.05) is 4.90 Å². The molecule has 22 heavy (non-hydrogen) atoms. The molecule has 1 amide bonds. The highest BCUT2D eigenvalue weighted by molar-refractivity contribution is 5.92. The maximum Gasteiger partial charge on any atom is 0.269 e. The Morgan fingerprint density at radius 3 is 3.00 bits per heavy atom. The number of aryl methyl sites for hydroxylation is 1. The molecule has 1 fully saturated rings. The van der Waals surface area contributed by atoms with E-state index in [2.05, 4.69) is 20.4 Å². The van der Waals surface area contributed by atoms with Gasteiger partial charge in [-0.15, -0.1) is 0 Å². The van der Waals surface area contributed by atoms with Gasteiger partial charge in [0.1, 0.15) is 17.1 Å². The summed E-state index contributed by atoms with van der Waals surface area (Å²) in [5.41, 5.74) is -0.501. The molecule has 8 heteroatoms. The van der Waals surface area contributed by atoms with Gasteiger partial charge in [0, 0.05) is 45.3 Å². The fourth-order valence-electron chi connectivity index (χ4n) is 2.58. The second kappa shape index (κ2) is 5.72. The molecule has 1 aliphatic rings. The lowest BCUT2D eigenvalue weighted by molar-refractivity contribution is 0.0572. The van der Waals surface area contributed by atoms with Crippen LogP contribution in [0, 0.1) is 0 Å². The Morgan fingerprint density at radius 1 is 1.45 bits per heavy atom. The summed E-state index contributed by atoms with van der Waals surface area (Å²) in [6, 6.07) is 1.64. The number of β-amino-alcohol motifs (C(OH)–C–C–N with tert-alkyl or cyclic N) is 1. The Kier molecular flexibility index (Phi) is 3.76. The van der Waals surface area contributed by atoms with E-state index in [0.29, 0.717) is 25.2 Å². The van der Waals surface area contributed by atoms with Crippen LogP contribution in [0.25, 0.3) is 0 Å². The molecule has 8 nitrogen and oxygen atoms in total. The van der Waals surface area contributed by atoms with Gasteiger partial charge in [0.05, 0.1) is 6.20 Å². The molecule has 0 aromatic carbocycles. The number of hydrogen-bond acceptors (Lipinski definition) is 6. The number of amides is 1. The SMILES string of the molecule is Cn1nccc1C(=O)NC[C@@]1(O)CCN(c2cnccn2)C1. The summed E-state index contributed by atoms with van der Waals surface area (Å²) < 4.78 is 1.50. The first-order valence-electron chi connectivity index (χ1n) is 7.07. The van der Waals surface area contributed by atoms with E-state index in [9.17, 15) is 9.90 Å². The van der Waals surface area contributed by atoms with Crippen molar-refractivity contribution in [1.82, 2.24) is 25.1 Å². The molecule has 1 atom stereocenters. The monoisotopic (exact) mass is 302 g/mol. The third-order valence-corrected chi connectivity index (χ3v) is 3.84. The van der Waals surface area contributed by atoms with Crippen molar-refractivity contribution < 1.29 is 9.90 Å². The van der Waals surface area contributed by atoms with Gasteiger partial charge in [-0.2, -0.15) is 5.10 Å². The molecular formula is C14H18N6O2. The van der Waals surface area contributed by atoms with Crippen molar-refractivity contribution in [2.24, 2.45) is 7.05 Å². The predicted octanol–water partition coefficient (Wildman–Crippen LogP) is -0.419. The van der Waals surface area contributed by atoms with Gasteiger partial charge in [-0.25, -0.2) is 4.98 Å². The van der Waals surface area contributed by atoms with Crippen LogP contribution < -0.4 is 10.2 Å². The van der Waals surface area contributed by atoms with E-state index in [1.54, 1.807) is 37.9 Å². The normalized spacial score (nSPS) is 21.1. The number of nitrogens with one attached hydrogen (secondary N) is 1. The Hall–Kier alpha value is -2.48. The highest BCUT2D eigenvalue weighted by Gasteiger charge is 2.37. The number of aromatic nitrogens is 4. The summed E-state index contributed by atoms with van der Waals surface area (Å²) in [6.07, 6.45) is 7.03. The van der Waals surface area contributed by atoms with Gasteiger partial charge in [-0.3, -0.25) is 14.5 Å². The first-order valence-corrected chi connectivity index (χ1v) is 7.07. The minimum absolute atomic E-state index is 0.188. The van der Waals surface area contributed by atoms with Crippen LogP contribution in [0.2, 0.25) is 0 Å². The van der Waals surface area contributed by atoms with E-state index < -0.39 is 5.60 Å². The lowest BCUT2D eigenvalue weighted by atomic mass is 10.0. The molecule has 0 aliphatic carbocycles. The molecule has 2 aromatic rings. The summed E-state index contributed by atoms with van der Waals surface area (Å²) in [4.78, 5) is 22.3. The summed E-state index contributed by atoms with van der Waals surface area (Å²) in [6.45, 7) is 1.28. The van der Waals surface area contributed by atoms with Crippen LogP contribution in [0.1, 0.15) is 16.9 Å². The van der Waals surface area contributed by atoms with Crippen molar-refractivity contribution in [3.05, 3.63) is 36.5 Å². The van der Waals surface area contributed by atoms with Crippen LogP contribution in [0.3, 0.4) is 0 Å². The number of hydrogen-bond donors (Lipinski definition) is 2. The van der Waals surface area contributed by atoms with Crippen molar-refractivity contribution in [2.75, 3.05) is 24.5 Å². The minimum Gasteiger partial charge on any atom is -0.386 e. The quantitative estimate of drug-likeness (QED) is 0.796. The van der Waals surface area contributed by atoms with Crippen molar-refractivity contribution in [1.29, 1.82) is 0 Å². The second-order valence-corrected chi connectivity index (χ2v) is 5.48. The van der Waals surface area contributed by atoms with Crippen LogP contribution in [0.15, 0.2) is 30.9 Å². The standard InChI is InChI=1S/C14H18N6O2/c1-19-11(2-4-18-19)13(21)17-9-14(22)3-7-20(10-14)12-8-15-5-6-16-12/h2,4-6,8,22H,3,7,9-10H2,1H3,(H,17,21)/t14-/m0/s1. The molecule has 2 aromatic heterocycles. The maximum absolute atomic E-state index is 12.1. The summed E-state index contributed by atoms with van der Waals surface area (Å²) in [5, 5.41) is 17.3. The Bertz CT molecular complexity index is 658. The first-order chi connectivity index (χ1) is 10.6. The fourth-order valence-corrected chi connectivity index (χ4v) is 2.58. The zero-order valence-corrected chi connectivity index (χ0v) is 12.3. The molecule has 0 bridgehead atoms. The van der Waals surface area contributed by atoms with Gasteiger partial charge in [-0.05, 0) is 12.5 Å². The molecule has 3 rings (SSSR count). The van der Waals surface area contributed by atoms with E-state index >= 15 is 0 Å². The van der Waals surface area contributed by atoms with Crippen molar-refractivity contribution >= 4 is 11.7 Å². The summed E-state index contributed by atoms with van der Waals surface area (Å²) in [5.74, 6) is 0.489. The van der Waals surface area contributed by atoms with Crippen LogP contribution in [0.5, 0.6) is 0 Å². The highest BCUT2D eigenvalue weighted by atomic mass is 16.3. The highest BCUT2D eigenvalue weighted by Crippen LogP contribution is 2.24. The largest absolute Gasteiger partial charge is 0.386 e. The Balaban J connectivity index is 1.59. The van der Waals surface area contributed by atoms with Gasteiger partial charge >= 0.3 is 0 Å². The molecule has 0 radical (unpaired) electrons.